The maximum Gasteiger partial charge on any atom is 0.119 e. The number of aromatic nitrogens is 1. The first-order valence-electron chi connectivity index (χ1n) is 6.48. The first-order valence-corrected chi connectivity index (χ1v) is 6.48. The molecular formula is C16H17NO. The Balaban J connectivity index is 1.80. The molecule has 0 saturated heterocycles. The molecule has 1 aliphatic rings. The molecule has 0 bridgehead atoms. The van der Waals surface area contributed by atoms with Crippen LogP contribution in [0.4, 0.5) is 0 Å². The molecule has 1 aliphatic carbocycles. The van der Waals surface area contributed by atoms with E-state index in [2.05, 4.69) is 17.1 Å². The molecule has 0 aliphatic heterocycles. The van der Waals surface area contributed by atoms with Gasteiger partial charge in [0.15, 0.2) is 0 Å². The van der Waals surface area contributed by atoms with Gasteiger partial charge in [0.25, 0.3) is 0 Å². The number of pyridine rings is 1. The molecular weight excluding hydrogens is 222 g/mol. The van der Waals surface area contributed by atoms with Crippen LogP contribution in [0.1, 0.15) is 18.5 Å². The molecule has 1 fully saturated rings. The predicted molar refractivity (Wildman–Crippen MR) is 72.6 cm³/mol. The Labute approximate surface area is 108 Å². The van der Waals surface area contributed by atoms with Crippen LogP contribution in [-0.4, -0.2) is 11.6 Å². The lowest BCUT2D eigenvalue weighted by Gasteiger charge is -2.07. The van der Waals surface area contributed by atoms with E-state index in [9.17, 15) is 0 Å². The van der Waals surface area contributed by atoms with Crippen LogP contribution in [0, 0.1) is 12.8 Å². The Morgan fingerprint density at radius 1 is 1.17 bits per heavy atom. The van der Waals surface area contributed by atoms with Crippen molar-refractivity contribution in [2.75, 3.05) is 6.61 Å². The molecule has 0 unspecified atom stereocenters. The average Bonchev–Trinajstić information content (AvgIpc) is 3.21. The quantitative estimate of drug-likeness (QED) is 0.808. The van der Waals surface area contributed by atoms with Crippen molar-refractivity contribution < 1.29 is 4.74 Å². The molecule has 2 aromatic rings. The summed E-state index contributed by atoms with van der Waals surface area (Å²) in [6.07, 6.45) is 2.64. The summed E-state index contributed by atoms with van der Waals surface area (Å²) in [5, 5.41) is 0. The Bertz CT molecular complexity index is 546. The third-order valence-electron chi connectivity index (χ3n) is 3.20. The Hall–Kier alpha value is -1.83. The van der Waals surface area contributed by atoms with E-state index in [0.29, 0.717) is 0 Å². The maximum absolute atomic E-state index is 5.79. The van der Waals surface area contributed by atoms with Crippen LogP contribution in [-0.2, 0) is 0 Å². The van der Waals surface area contributed by atoms with Crippen molar-refractivity contribution in [2.45, 2.75) is 19.8 Å². The molecule has 0 atom stereocenters. The lowest BCUT2D eigenvalue weighted by atomic mass is 10.1. The fraction of sp³-hybridized carbons (Fsp3) is 0.312. The van der Waals surface area contributed by atoms with Gasteiger partial charge >= 0.3 is 0 Å². The molecule has 2 heteroatoms. The average molecular weight is 239 g/mol. The lowest BCUT2D eigenvalue weighted by Crippen LogP contribution is -1.98. The van der Waals surface area contributed by atoms with Crippen molar-refractivity contribution in [1.29, 1.82) is 0 Å². The molecule has 92 valence electrons. The van der Waals surface area contributed by atoms with Gasteiger partial charge in [-0.1, -0.05) is 18.2 Å². The summed E-state index contributed by atoms with van der Waals surface area (Å²) < 4.78 is 5.79. The van der Waals surface area contributed by atoms with Crippen LogP contribution in [0.3, 0.4) is 0 Å². The van der Waals surface area contributed by atoms with Gasteiger partial charge < -0.3 is 4.74 Å². The highest BCUT2D eigenvalue weighted by Crippen LogP contribution is 2.30. The third kappa shape index (κ3) is 2.70. The smallest absolute Gasteiger partial charge is 0.119 e. The Kier molecular flexibility index (Phi) is 3.01. The zero-order chi connectivity index (χ0) is 12.4. The summed E-state index contributed by atoms with van der Waals surface area (Å²) in [7, 11) is 0. The second-order valence-corrected chi connectivity index (χ2v) is 4.95. The van der Waals surface area contributed by atoms with Crippen LogP contribution in [0.5, 0.6) is 5.75 Å². The van der Waals surface area contributed by atoms with Gasteiger partial charge in [0.2, 0.25) is 0 Å². The molecule has 1 aromatic carbocycles. The molecule has 1 aromatic heterocycles. The van der Waals surface area contributed by atoms with Gasteiger partial charge in [-0.2, -0.15) is 0 Å². The standard InChI is InChI=1S/C16H17NO/c1-12-4-2-7-16(17-12)14-5-3-6-15(10-14)18-11-13-8-9-13/h2-7,10,13H,8-9,11H2,1H3. The number of aryl methyl sites for hydroxylation is 1. The molecule has 2 nitrogen and oxygen atoms in total. The van der Waals surface area contributed by atoms with Gasteiger partial charge in [0.05, 0.1) is 12.3 Å². The van der Waals surface area contributed by atoms with Crippen LogP contribution in [0.25, 0.3) is 11.3 Å². The summed E-state index contributed by atoms with van der Waals surface area (Å²) in [6.45, 7) is 2.86. The second kappa shape index (κ2) is 4.81. The van der Waals surface area contributed by atoms with Gasteiger partial charge in [-0.25, -0.2) is 0 Å². The number of ether oxygens (including phenoxy) is 1. The predicted octanol–water partition coefficient (Wildman–Crippen LogP) is 3.85. The van der Waals surface area contributed by atoms with Crippen LogP contribution >= 0.6 is 0 Å². The highest BCUT2D eigenvalue weighted by molar-refractivity contribution is 5.61. The topological polar surface area (TPSA) is 22.1 Å². The zero-order valence-corrected chi connectivity index (χ0v) is 10.6. The number of hydrogen-bond donors (Lipinski definition) is 0. The van der Waals surface area contributed by atoms with E-state index in [1.54, 1.807) is 0 Å². The third-order valence-corrected chi connectivity index (χ3v) is 3.20. The van der Waals surface area contributed by atoms with Crippen molar-refractivity contribution in [2.24, 2.45) is 5.92 Å². The summed E-state index contributed by atoms with van der Waals surface area (Å²) in [6, 6.07) is 14.3. The fourth-order valence-electron chi connectivity index (χ4n) is 1.95. The van der Waals surface area contributed by atoms with Gasteiger partial charge in [0.1, 0.15) is 5.75 Å². The first kappa shape index (κ1) is 11.3. The van der Waals surface area contributed by atoms with E-state index in [-0.39, 0.29) is 0 Å². The Morgan fingerprint density at radius 2 is 2.00 bits per heavy atom. The van der Waals surface area contributed by atoms with E-state index < -0.39 is 0 Å². The van der Waals surface area contributed by atoms with E-state index in [1.165, 1.54) is 12.8 Å². The number of rotatable bonds is 4. The maximum atomic E-state index is 5.79. The highest BCUT2D eigenvalue weighted by atomic mass is 16.5. The first-order chi connectivity index (χ1) is 8.81. The minimum absolute atomic E-state index is 0.783. The number of nitrogens with zero attached hydrogens (tertiary/aromatic N) is 1. The SMILES string of the molecule is Cc1cccc(-c2cccc(OCC3CC3)c2)n1. The van der Waals surface area contributed by atoms with E-state index >= 15 is 0 Å². The second-order valence-electron chi connectivity index (χ2n) is 4.95. The van der Waals surface area contributed by atoms with Crippen molar-refractivity contribution in [1.82, 2.24) is 4.98 Å². The van der Waals surface area contributed by atoms with E-state index in [1.807, 2.05) is 37.3 Å². The molecule has 0 radical (unpaired) electrons. The van der Waals surface area contributed by atoms with Crippen molar-refractivity contribution in [3.8, 4) is 17.0 Å². The number of hydrogen-bond acceptors (Lipinski definition) is 2. The highest BCUT2D eigenvalue weighted by Gasteiger charge is 2.21. The van der Waals surface area contributed by atoms with E-state index in [0.717, 1.165) is 35.2 Å². The number of benzene rings is 1. The fourth-order valence-corrected chi connectivity index (χ4v) is 1.95. The molecule has 0 spiro atoms. The minimum Gasteiger partial charge on any atom is -0.493 e. The van der Waals surface area contributed by atoms with Crippen LogP contribution in [0.15, 0.2) is 42.5 Å². The molecule has 0 amide bonds. The lowest BCUT2D eigenvalue weighted by molar-refractivity contribution is 0.300. The van der Waals surface area contributed by atoms with Gasteiger partial charge in [-0.05, 0) is 49.9 Å². The Morgan fingerprint density at radius 3 is 2.78 bits per heavy atom. The molecule has 1 heterocycles. The molecule has 18 heavy (non-hydrogen) atoms. The van der Waals surface area contributed by atoms with Gasteiger partial charge in [0, 0.05) is 11.3 Å². The summed E-state index contributed by atoms with van der Waals surface area (Å²) in [5.74, 6) is 1.73. The minimum atomic E-state index is 0.783. The van der Waals surface area contributed by atoms with E-state index in [4.69, 9.17) is 4.74 Å². The molecule has 3 rings (SSSR count). The normalized spacial score (nSPS) is 14.5. The monoisotopic (exact) mass is 239 g/mol. The largest absolute Gasteiger partial charge is 0.493 e. The zero-order valence-electron chi connectivity index (χ0n) is 10.6. The van der Waals surface area contributed by atoms with Gasteiger partial charge in [-0.3, -0.25) is 4.98 Å². The van der Waals surface area contributed by atoms with Crippen molar-refractivity contribution in [3.05, 3.63) is 48.2 Å². The summed E-state index contributed by atoms with van der Waals surface area (Å²) >= 11 is 0. The van der Waals surface area contributed by atoms with Crippen LogP contribution in [0.2, 0.25) is 0 Å². The van der Waals surface area contributed by atoms with Gasteiger partial charge in [-0.15, -0.1) is 0 Å². The summed E-state index contributed by atoms with van der Waals surface area (Å²) in [5.41, 5.74) is 3.16. The van der Waals surface area contributed by atoms with Crippen molar-refractivity contribution >= 4 is 0 Å². The van der Waals surface area contributed by atoms with Crippen molar-refractivity contribution in [3.63, 3.8) is 0 Å². The molecule has 0 N–H and O–H groups in total. The van der Waals surface area contributed by atoms with Crippen LogP contribution < -0.4 is 4.74 Å². The molecule has 1 saturated carbocycles. The summed E-state index contributed by atoms with van der Waals surface area (Å²) in [4.78, 5) is 4.54.